The van der Waals surface area contributed by atoms with Gasteiger partial charge in [-0.2, -0.15) is 0 Å². The Morgan fingerprint density at radius 2 is 1.90 bits per heavy atom. The van der Waals surface area contributed by atoms with Crippen LogP contribution in [0.25, 0.3) is 0 Å². The number of nitrogens with two attached hydrogens (primary N) is 1. The Labute approximate surface area is 124 Å². The Morgan fingerprint density at radius 1 is 1.29 bits per heavy atom. The number of nitro benzene ring substituents is 1. The molecule has 21 heavy (non-hydrogen) atoms. The molecular weight excluding hydrogens is 272 g/mol. The van der Waals surface area contributed by atoms with Crippen LogP contribution in [0.4, 0.5) is 5.69 Å². The van der Waals surface area contributed by atoms with E-state index >= 15 is 0 Å². The third-order valence-corrected chi connectivity index (χ3v) is 3.57. The van der Waals surface area contributed by atoms with Crippen molar-refractivity contribution in [1.82, 2.24) is 0 Å². The van der Waals surface area contributed by atoms with E-state index in [1.807, 2.05) is 13.8 Å². The molecule has 1 fully saturated rings. The predicted octanol–water partition coefficient (Wildman–Crippen LogP) is 3.03. The smallest absolute Gasteiger partial charge is 0.276 e. The van der Waals surface area contributed by atoms with Crippen molar-refractivity contribution in [2.45, 2.75) is 51.2 Å². The molecule has 0 aromatic heterocycles. The van der Waals surface area contributed by atoms with Crippen LogP contribution in [0.5, 0.6) is 11.5 Å². The van der Waals surface area contributed by atoms with Crippen molar-refractivity contribution in [2.75, 3.05) is 6.61 Å². The van der Waals surface area contributed by atoms with Gasteiger partial charge in [0.2, 0.25) is 0 Å². The SMILES string of the molecule is CC(C)Oc1cc(OCC2(N)CCCC2)cc([N+](=O)[O-])c1. The zero-order chi connectivity index (χ0) is 15.5. The summed E-state index contributed by atoms with van der Waals surface area (Å²) in [6, 6.07) is 4.48. The summed E-state index contributed by atoms with van der Waals surface area (Å²) in [5, 5.41) is 11.0. The van der Waals surface area contributed by atoms with E-state index in [0.717, 1.165) is 25.7 Å². The van der Waals surface area contributed by atoms with Crippen molar-refractivity contribution < 1.29 is 14.4 Å². The highest BCUT2D eigenvalue weighted by atomic mass is 16.6. The summed E-state index contributed by atoms with van der Waals surface area (Å²) in [7, 11) is 0. The highest BCUT2D eigenvalue weighted by Gasteiger charge is 2.30. The Balaban J connectivity index is 2.13. The number of hydrogen-bond acceptors (Lipinski definition) is 5. The van der Waals surface area contributed by atoms with Gasteiger partial charge in [-0.05, 0) is 26.7 Å². The van der Waals surface area contributed by atoms with Crippen LogP contribution in [-0.4, -0.2) is 23.2 Å². The maximum absolute atomic E-state index is 11.0. The molecule has 2 rings (SSSR count). The van der Waals surface area contributed by atoms with Gasteiger partial charge in [0.25, 0.3) is 5.69 Å². The second-order valence-electron chi connectivity index (χ2n) is 5.94. The van der Waals surface area contributed by atoms with Gasteiger partial charge in [0.15, 0.2) is 0 Å². The second kappa shape index (κ2) is 6.30. The van der Waals surface area contributed by atoms with Crippen LogP contribution < -0.4 is 15.2 Å². The summed E-state index contributed by atoms with van der Waals surface area (Å²) in [6.45, 7) is 4.11. The normalized spacial score (nSPS) is 17.0. The van der Waals surface area contributed by atoms with Crippen LogP contribution >= 0.6 is 0 Å². The van der Waals surface area contributed by atoms with E-state index in [9.17, 15) is 10.1 Å². The minimum Gasteiger partial charge on any atom is -0.491 e. The number of benzene rings is 1. The molecule has 2 N–H and O–H groups in total. The van der Waals surface area contributed by atoms with Crippen LogP contribution in [-0.2, 0) is 0 Å². The van der Waals surface area contributed by atoms with Crippen LogP contribution in [0.3, 0.4) is 0 Å². The Hall–Kier alpha value is -1.82. The molecule has 0 saturated heterocycles. The standard InChI is InChI=1S/C15H22N2O4/c1-11(2)21-14-8-12(17(18)19)7-13(9-14)20-10-15(16)5-3-4-6-15/h7-9,11H,3-6,10,16H2,1-2H3. The Morgan fingerprint density at radius 3 is 2.48 bits per heavy atom. The molecule has 1 aromatic carbocycles. The first-order valence-electron chi connectivity index (χ1n) is 7.26. The van der Waals surface area contributed by atoms with Gasteiger partial charge in [-0.15, -0.1) is 0 Å². The molecule has 0 amide bonds. The maximum atomic E-state index is 11.0. The molecule has 0 radical (unpaired) electrons. The lowest BCUT2D eigenvalue weighted by Gasteiger charge is -2.23. The molecule has 1 aliphatic carbocycles. The van der Waals surface area contributed by atoms with Gasteiger partial charge >= 0.3 is 0 Å². The molecule has 1 aromatic rings. The van der Waals surface area contributed by atoms with E-state index in [1.54, 1.807) is 6.07 Å². The zero-order valence-electron chi connectivity index (χ0n) is 12.5. The van der Waals surface area contributed by atoms with E-state index < -0.39 is 4.92 Å². The molecule has 6 heteroatoms. The number of ether oxygens (including phenoxy) is 2. The van der Waals surface area contributed by atoms with Crippen LogP contribution in [0, 0.1) is 10.1 Å². The number of non-ortho nitro benzene ring substituents is 1. The van der Waals surface area contributed by atoms with Gasteiger partial charge < -0.3 is 15.2 Å². The van der Waals surface area contributed by atoms with Gasteiger partial charge in [-0.3, -0.25) is 10.1 Å². The number of nitro groups is 1. The summed E-state index contributed by atoms with van der Waals surface area (Å²) in [4.78, 5) is 10.5. The Kier molecular flexibility index (Phi) is 4.67. The third kappa shape index (κ3) is 4.32. The average molecular weight is 294 g/mol. The van der Waals surface area contributed by atoms with Crippen molar-refractivity contribution in [3.05, 3.63) is 28.3 Å². The molecule has 0 spiro atoms. The van der Waals surface area contributed by atoms with E-state index in [4.69, 9.17) is 15.2 Å². The first-order valence-corrected chi connectivity index (χ1v) is 7.26. The number of rotatable bonds is 6. The molecular formula is C15H22N2O4. The van der Waals surface area contributed by atoms with Gasteiger partial charge in [-0.1, -0.05) is 12.8 Å². The fourth-order valence-corrected chi connectivity index (χ4v) is 2.54. The number of hydrogen-bond donors (Lipinski definition) is 1. The summed E-state index contributed by atoms with van der Waals surface area (Å²) >= 11 is 0. The average Bonchev–Trinajstić information content (AvgIpc) is 2.83. The molecule has 1 saturated carbocycles. The molecule has 0 heterocycles. The summed E-state index contributed by atoms with van der Waals surface area (Å²) in [5.41, 5.74) is 5.88. The van der Waals surface area contributed by atoms with Crippen molar-refractivity contribution in [3.63, 3.8) is 0 Å². The van der Waals surface area contributed by atoms with Crippen LogP contribution in [0.15, 0.2) is 18.2 Å². The number of nitrogens with zero attached hydrogens (tertiary/aromatic N) is 1. The van der Waals surface area contributed by atoms with E-state index in [-0.39, 0.29) is 17.3 Å². The predicted molar refractivity (Wildman–Crippen MR) is 79.7 cm³/mol. The minimum atomic E-state index is -0.451. The van der Waals surface area contributed by atoms with E-state index in [2.05, 4.69) is 0 Å². The molecule has 0 unspecified atom stereocenters. The topological polar surface area (TPSA) is 87.6 Å². The first-order chi connectivity index (χ1) is 9.88. The van der Waals surface area contributed by atoms with E-state index in [1.165, 1.54) is 12.1 Å². The van der Waals surface area contributed by atoms with E-state index in [0.29, 0.717) is 18.1 Å². The summed E-state index contributed by atoms with van der Waals surface area (Å²) < 4.78 is 11.2. The monoisotopic (exact) mass is 294 g/mol. The van der Waals surface area contributed by atoms with Gasteiger partial charge in [0.05, 0.1) is 28.7 Å². The largest absolute Gasteiger partial charge is 0.491 e. The lowest BCUT2D eigenvalue weighted by atomic mass is 10.0. The zero-order valence-corrected chi connectivity index (χ0v) is 12.5. The Bertz CT molecular complexity index is 510. The molecule has 0 bridgehead atoms. The second-order valence-corrected chi connectivity index (χ2v) is 5.94. The fourth-order valence-electron chi connectivity index (χ4n) is 2.54. The van der Waals surface area contributed by atoms with Crippen molar-refractivity contribution in [2.24, 2.45) is 5.73 Å². The summed E-state index contributed by atoms with van der Waals surface area (Å²) in [5.74, 6) is 0.864. The lowest BCUT2D eigenvalue weighted by molar-refractivity contribution is -0.385. The molecule has 0 atom stereocenters. The lowest BCUT2D eigenvalue weighted by Crippen LogP contribution is -2.42. The minimum absolute atomic E-state index is 0.0411. The molecule has 6 nitrogen and oxygen atoms in total. The summed E-state index contributed by atoms with van der Waals surface area (Å²) in [6.07, 6.45) is 4.01. The van der Waals surface area contributed by atoms with Crippen LogP contribution in [0.1, 0.15) is 39.5 Å². The van der Waals surface area contributed by atoms with Crippen molar-refractivity contribution in [3.8, 4) is 11.5 Å². The van der Waals surface area contributed by atoms with Gasteiger partial charge in [-0.25, -0.2) is 0 Å². The van der Waals surface area contributed by atoms with Crippen molar-refractivity contribution in [1.29, 1.82) is 0 Å². The van der Waals surface area contributed by atoms with Crippen LogP contribution in [0.2, 0.25) is 0 Å². The first kappa shape index (κ1) is 15.6. The van der Waals surface area contributed by atoms with Crippen molar-refractivity contribution >= 4 is 5.69 Å². The van der Waals surface area contributed by atoms with Gasteiger partial charge in [0.1, 0.15) is 18.1 Å². The highest BCUT2D eigenvalue weighted by molar-refractivity contribution is 5.46. The quantitative estimate of drug-likeness (QED) is 0.643. The fraction of sp³-hybridized carbons (Fsp3) is 0.600. The molecule has 116 valence electrons. The highest BCUT2D eigenvalue weighted by Crippen LogP contribution is 2.31. The molecule has 1 aliphatic rings. The maximum Gasteiger partial charge on any atom is 0.276 e. The third-order valence-electron chi connectivity index (χ3n) is 3.57. The van der Waals surface area contributed by atoms with Gasteiger partial charge in [0, 0.05) is 6.07 Å². The molecule has 0 aliphatic heterocycles.